The number of aromatic hydroxyl groups is 1. The van der Waals surface area contributed by atoms with Crippen LogP contribution in [-0.4, -0.2) is 35.1 Å². The van der Waals surface area contributed by atoms with Crippen molar-refractivity contribution in [1.82, 2.24) is 15.6 Å². The zero-order valence-corrected chi connectivity index (χ0v) is 10.0. The van der Waals surface area contributed by atoms with Gasteiger partial charge in [0.2, 0.25) is 0 Å². The van der Waals surface area contributed by atoms with Crippen LogP contribution < -0.4 is 16.2 Å². The van der Waals surface area contributed by atoms with Crippen LogP contribution in [0.15, 0.2) is 16.9 Å². The van der Waals surface area contributed by atoms with Gasteiger partial charge in [-0.2, -0.15) is 0 Å². The van der Waals surface area contributed by atoms with Crippen LogP contribution in [0.5, 0.6) is 5.88 Å². The molecule has 1 saturated carbocycles. The van der Waals surface area contributed by atoms with Gasteiger partial charge < -0.3 is 15.7 Å². The number of H-pyrrole nitrogens is 1. The highest BCUT2D eigenvalue weighted by molar-refractivity contribution is 5.94. The van der Waals surface area contributed by atoms with Gasteiger partial charge in [0.15, 0.2) is 5.88 Å². The second-order valence-corrected chi connectivity index (χ2v) is 4.46. The summed E-state index contributed by atoms with van der Waals surface area (Å²) in [6.45, 7) is 1.43. The Labute approximate surface area is 104 Å². The fourth-order valence-corrected chi connectivity index (χ4v) is 1.65. The summed E-state index contributed by atoms with van der Waals surface area (Å²) in [5, 5.41) is 15.2. The summed E-state index contributed by atoms with van der Waals surface area (Å²) in [6.07, 6.45) is 3.34. The van der Waals surface area contributed by atoms with Crippen molar-refractivity contribution >= 4 is 5.91 Å². The molecule has 1 aromatic heterocycles. The van der Waals surface area contributed by atoms with E-state index in [0.29, 0.717) is 12.6 Å². The van der Waals surface area contributed by atoms with Gasteiger partial charge in [-0.3, -0.25) is 14.6 Å². The van der Waals surface area contributed by atoms with E-state index in [4.69, 9.17) is 0 Å². The van der Waals surface area contributed by atoms with Crippen LogP contribution in [0.25, 0.3) is 0 Å². The van der Waals surface area contributed by atoms with Gasteiger partial charge in [0.25, 0.3) is 11.5 Å². The first-order valence-electron chi connectivity index (χ1n) is 6.10. The molecule has 2 rings (SSSR count). The number of nitrogens with one attached hydrogen (secondary N) is 3. The molecule has 18 heavy (non-hydrogen) atoms. The Balaban J connectivity index is 1.74. The number of pyridine rings is 1. The Bertz CT molecular complexity index is 480. The minimum absolute atomic E-state index is 0.173. The maximum absolute atomic E-state index is 11.7. The molecule has 1 aliphatic carbocycles. The standard InChI is InChI=1S/C12H17N3O3/c16-10-6-8(7-11(17)15-10)12(18)14-5-1-4-13-9-2-3-9/h6-7,9,13H,1-5H2,(H,14,18)(H2,15,16,17). The quantitative estimate of drug-likeness (QED) is 0.533. The van der Waals surface area contributed by atoms with Crippen LogP contribution in [0, 0.1) is 0 Å². The Morgan fingerprint density at radius 3 is 2.83 bits per heavy atom. The summed E-state index contributed by atoms with van der Waals surface area (Å²) in [6, 6.07) is 3.07. The van der Waals surface area contributed by atoms with Crippen LogP contribution in [0.2, 0.25) is 0 Å². The summed E-state index contributed by atoms with van der Waals surface area (Å²) < 4.78 is 0. The molecule has 4 N–H and O–H groups in total. The van der Waals surface area contributed by atoms with Crippen molar-refractivity contribution in [3.8, 4) is 5.88 Å². The number of carbonyl (C=O) groups excluding carboxylic acids is 1. The minimum atomic E-state index is -0.490. The molecular weight excluding hydrogens is 234 g/mol. The maximum Gasteiger partial charge on any atom is 0.251 e. The molecule has 0 atom stereocenters. The normalized spacial score (nSPS) is 14.4. The zero-order valence-electron chi connectivity index (χ0n) is 10.0. The van der Waals surface area contributed by atoms with Crippen LogP contribution in [0.4, 0.5) is 0 Å². The molecule has 0 saturated heterocycles. The highest BCUT2D eigenvalue weighted by atomic mass is 16.3. The first-order valence-corrected chi connectivity index (χ1v) is 6.10. The number of rotatable bonds is 6. The molecule has 98 valence electrons. The molecule has 0 aliphatic heterocycles. The average molecular weight is 251 g/mol. The number of hydrogen-bond acceptors (Lipinski definition) is 4. The van der Waals surface area contributed by atoms with Crippen LogP contribution in [0.3, 0.4) is 0 Å². The third-order valence-electron chi connectivity index (χ3n) is 2.74. The molecule has 0 unspecified atom stereocenters. The van der Waals surface area contributed by atoms with Crippen molar-refractivity contribution in [1.29, 1.82) is 0 Å². The van der Waals surface area contributed by atoms with E-state index in [1.165, 1.54) is 18.9 Å². The van der Waals surface area contributed by atoms with Crippen molar-refractivity contribution in [2.75, 3.05) is 13.1 Å². The molecule has 6 nitrogen and oxygen atoms in total. The lowest BCUT2D eigenvalue weighted by molar-refractivity contribution is 0.0952. The van der Waals surface area contributed by atoms with E-state index in [9.17, 15) is 14.7 Å². The summed E-state index contributed by atoms with van der Waals surface area (Å²) in [5.41, 5.74) is -0.318. The van der Waals surface area contributed by atoms with E-state index in [-0.39, 0.29) is 17.4 Å². The largest absolute Gasteiger partial charge is 0.494 e. The molecule has 0 aromatic carbocycles. The van der Waals surface area contributed by atoms with Crippen LogP contribution in [0.1, 0.15) is 29.6 Å². The molecular formula is C12H17N3O3. The fourth-order valence-electron chi connectivity index (χ4n) is 1.65. The van der Waals surface area contributed by atoms with Crippen molar-refractivity contribution in [2.45, 2.75) is 25.3 Å². The first kappa shape index (κ1) is 12.6. The number of amides is 1. The van der Waals surface area contributed by atoms with Crippen molar-refractivity contribution in [3.05, 3.63) is 28.0 Å². The maximum atomic E-state index is 11.7. The van der Waals surface area contributed by atoms with Gasteiger partial charge in [-0.25, -0.2) is 0 Å². The predicted octanol–water partition coefficient (Wildman–Crippen LogP) is -0.0476. The van der Waals surface area contributed by atoms with Crippen molar-refractivity contribution in [3.63, 3.8) is 0 Å². The van der Waals surface area contributed by atoms with Crippen molar-refractivity contribution in [2.24, 2.45) is 0 Å². The number of aromatic nitrogens is 1. The summed E-state index contributed by atoms with van der Waals surface area (Å²) in [7, 11) is 0. The topological polar surface area (TPSA) is 94.2 Å². The van der Waals surface area contributed by atoms with Gasteiger partial charge in [-0.15, -0.1) is 0 Å². The molecule has 1 aromatic rings. The molecule has 6 heteroatoms. The van der Waals surface area contributed by atoms with E-state index in [1.807, 2.05) is 0 Å². The highest BCUT2D eigenvalue weighted by Crippen LogP contribution is 2.18. The second-order valence-electron chi connectivity index (χ2n) is 4.46. The lowest BCUT2D eigenvalue weighted by Gasteiger charge is -2.06. The smallest absolute Gasteiger partial charge is 0.251 e. The highest BCUT2D eigenvalue weighted by Gasteiger charge is 2.19. The SMILES string of the molecule is O=C(NCCCNC1CC1)c1cc(O)[nH]c(=O)c1. The molecule has 0 spiro atoms. The summed E-state index contributed by atoms with van der Waals surface area (Å²) in [5.74, 6) is -0.647. The van der Waals surface area contributed by atoms with E-state index < -0.39 is 5.56 Å². The first-order chi connectivity index (χ1) is 8.65. The monoisotopic (exact) mass is 251 g/mol. The molecule has 1 amide bonds. The lowest BCUT2D eigenvalue weighted by Crippen LogP contribution is -2.28. The summed E-state index contributed by atoms with van der Waals surface area (Å²) >= 11 is 0. The number of hydrogen-bond donors (Lipinski definition) is 4. The molecule has 0 bridgehead atoms. The van der Waals surface area contributed by atoms with Crippen LogP contribution in [-0.2, 0) is 0 Å². The molecule has 1 fully saturated rings. The van der Waals surface area contributed by atoms with Gasteiger partial charge in [0, 0.05) is 24.7 Å². The van der Waals surface area contributed by atoms with E-state index in [0.717, 1.165) is 19.0 Å². The Kier molecular flexibility index (Phi) is 3.99. The third-order valence-corrected chi connectivity index (χ3v) is 2.74. The fraction of sp³-hybridized carbons (Fsp3) is 0.500. The van der Waals surface area contributed by atoms with Gasteiger partial charge in [0.1, 0.15) is 0 Å². The minimum Gasteiger partial charge on any atom is -0.494 e. The van der Waals surface area contributed by atoms with Gasteiger partial charge in [-0.1, -0.05) is 0 Å². The van der Waals surface area contributed by atoms with E-state index >= 15 is 0 Å². The Hall–Kier alpha value is -1.82. The molecule has 1 heterocycles. The van der Waals surface area contributed by atoms with Crippen molar-refractivity contribution < 1.29 is 9.90 Å². The second kappa shape index (κ2) is 5.68. The number of carbonyl (C=O) groups is 1. The zero-order chi connectivity index (χ0) is 13.0. The van der Waals surface area contributed by atoms with Gasteiger partial charge in [-0.05, 0) is 25.8 Å². The Morgan fingerprint density at radius 2 is 2.17 bits per heavy atom. The molecule has 1 aliphatic rings. The van der Waals surface area contributed by atoms with E-state index in [2.05, 4.69) is 15.6 Å². The average Bonchev–Trinajstić information content (AvgIpc) is 3.11. The van der Waals surface area contributed by atoms with Crippen LogP contribution >= 0.6 is 0 Å². The van der Waals surface area contributed by atoms with E-state index in [1.54, 1.807) is 0 Å². The van der Waals surface area contributed by atoms with Gasteiger partial charge in [0.05, 0.1) is 5.56 Å². The Morgan fingerprint density at radius 1 is 1.39 bits per heavy atom. The lowest BCUT2D eigenvalue weighted by atomic mass is 10.2. The summed E-state index contributed by atoms with van der Waals surface area (Å²) in [4.78, 5) is 24.9. The predicted molar refractivity (Wildman–Crippen MR) is 66.7 cm³/mol. The van der Waals surface area contributed by atoms with Gasteiger partial charge >= 0.3 is 0 Å². The number of aromatic amines is 1. The third kappa shape index (κ3) is 3.89. The molecule has 0 radical (unpaired) electrons.